The summed E-state index contributed by atoms with van der Waals surface area (Å²) in [7, 11) is -1.57. The molecule has 20 heavy (non-hydrogen) atoms. The normalized spacial score (nSPS) is 20.6. The molecule has 0 aliphatic carbocycles. The number of carbonyl (C=O) groups excluding carboxylic acids is 1. The molecule has 0 aromatic heterocycles. The summed E-state index contributed by atoms with van der Waals surface area (Å²) in [6, 6.07) is 5.56. The van der Waals surface area contributed by atoms with Gasteiger partial charge in [0.1, 0.15) is 0 Å². The predicted molar refractivity (Wildman–Crippen MR) is 73.3 cm³/mol. The highest BCUT2D eigenvalue weighted by atomic mass is 32.2. The zero-order valence-electron chi connectivity index (χ0n) is 10.9. The summed E-state index contributed by atoms with van der Waals surface area (Å²) in [5.41, 5.74) is 0.447. The predicted octanol–water partition coefficient (Wildman–Crippen LogP) is 0.992. The summed E-state index contributed by atoms with van der Waals surface area (Å²) in [5.74, 6) is -0.888. The van der Waals surface area contributed by atoms with E-state index in [4.69, 9.17) is 0 Å². The highest BCUT2D eigenvalue weighted by molar-refractivity contribution is 7.91. The van der Waals surface area contributed by atoms with Crippen LogP contribution in [0, 0.1) is 16.0 Å². The molecule has 1 saturated heterocycles. The molecule has 1 fully saturated rings. The number of amides is 1. The second-order valence-electron chi connectivity index (χ2n) is 4.77. The number of anilines is 1. The van der Waals surface area contributed by atoms with E-state index in [9.17, 15) is 23.3 Å². The summed E-state index contributed by atoms with van der Waals surface area (Å²) in [6.07, 6.45) is 0.332. The van der Waals surface area contributed by atoms with Crippen LogP contribution in [0.5, 0.6) is 0 Å². The molecule has 1 aromatic carbocycles. The van der Waals surface area contributed by atoms with Gasteiger partial charge in [-0.25, -0.2) is 8.42 Å². The first-order chi connectivity index (χ1) is 9.30. The van der Waals surface area contributed by atoms with Crippen molar-refractivity contribution in [3.63, 3.8) is 0 Å². The van der Waals surface area contributed by atoms with Crippen LogP contribution in [0.4, 0.5) is 11.4 Å². The van der Waals surface area contributed by atoms with Crippen molar-refractivity contribution in [1.82, 2.24) is 0 Å². The molecule has 0 spiro atoms. The van der Waals surface area contributed by atoms with Crippen molar-refractivity contribution >= 4 is 27.1 Å². The lowest BCUT2D eigenvalue weighted by Gasteiger charge is -2.20. The van der Waals surface area contributed by atoms with Gasteiger partial charge in [0.05, 0.1) is 22.3 Å². The van der Waals surface area contributed by atoms with Crippen LogP contribution in [0.3, 0.4) is 0 Å². The third-order valence-electron chi connectivity index (χ3n) is 3.36. The maximum atomic E-state index is 12.2. The van der Waals surface area contributed by atoms with Gasteiger partial charge in [-0.3, -0.25) is 14.9 Å². The highest BCUT2D eigenvalue weighted by Crippen LogP contribution is 2.24. The Labute approximate surface area is 116 Å². The quantitative estimate of drug-likeness (QED) is 0.612. The van der Waals surface area contributed by atoms with Gasteiger partial charge in [-0.15, -0.1) is 0 Å². The summed E-state index contributed by atoms with van der Waals surface area (Å²) < 4.78 is 22.8. The Balaban J connectivity index is 2.13. The molecule has 1 aliphatic heterocycles. The first-order valence-corrected chi connectivity index (χ1v) is 7.85. The molecule has 0 radical (unpaired) electrons. The number of rotatable bonds is 3. The summed E-state index contributed by atoms with van der Waals surface area (Å²) in [5, 5.41) is 10.6. The minimum atomic E-state index is -3.11. The van der Waals surface area contributed by atoms with Crippen LogP contribution in [-0.4, -0.2) is 37.8 Å². The molecule has 1 heterocycles. The fraction of sp³-hybridized carbons (Fsp3) is 0.417. The Morgan fingerprint density at radius 3 is 2.40 bits per heavy atom. The highest BCUT2D eigenvalue weighted by Gasteiger charge is 2.34. The van der Waals surface area contributed by atoms with Gasteiger partial charge in [-0.05, 0) is 18.6 Å². The molecule has 2 rings (SSSR count). The number of benzene rings is 1. The third-order valence-corrected chi connectivity index (χ3v) is 5.13. The molecule has 108 valence electrons. The number of sulfone groups is 1. The number of hydrogen-bond donors (Lipinski definition) is 0. The summed E-state index contributed by atoms with van der Waals surface area (Å²) >= 11 is 0. The maximum Gasteiger partial charge on any atom is 0.269 e. The van der Waals surface area contributed by atoms with Gasteiger partial charge in [0.2, 0.25) is 5.91 Å². The van der Waals surface area contributed by atoms with E-state index in [1.54, 1.807) is 0 Å². The third kappa shape index (κ3) is 2.96. The van der Waals surface area contributed by atoms with Crippen LogP contribution in [0.1, 0.15) is 6.42 Å². The Bertz CT molecular complexity index is 638. The second kappa shape index (κ2) is 5.20. The minimum absolute atomic E-state index is 0.0392. The van der Waals surface area contributed by atoms with Gasteiger partial charge < -0.3 is 4.90 Å². The second-order valence-corrected chi connectivity index (χ2v) is 7.00. The van der Waals surface area contributed by atoms with Crippen molar-refractivity contribution < 1.29 is 18.1 Å². The van der Waals surface area contributed by atoms with Gasteiger partial charge in [0, 0.05) is 24.9 Å². The zero-order valence-corrected chi connectivity index (χ0v) is 11.7. The lowest BCUT2D eigenvalue weighted by Crippen LogP contribution is -2.33. The molecule has 1 aliphatic rings. The topological polar surface area (TPSA) is 97.6 Å². The van der Waals surface area contributed by atoms with Crippen LogP contribution < -0.4 is 4.90 Å². The van der Waals surface area contributed by atoms with Crippen LogP contribution in [0.15, 0.2) is 24.3 Å². The standard InChI is InChI=1S/C12H14N2O5S/c1-13(10-2-4-11(5-3-10)14(16)17)12(15)9-6-7-20(18,19)8-9/h2-5,9H,6-8H2,1H3. The molecular weight excluding hydrogens is 284 g/mol. The largest absolute Gasteiger partial charge is 0.315 e. The molecule has 8 heteroatoms. The molecular formula is C12H14N2O5S. The number of nitro groups is 1. The SMILES string of the molecule is CN(C(=O)C1CCS(=O)(=O)C1)c1ccc([N+](=O)[O-])cc1. The summed E-state index contributed by atoms with van der Waals surface area (Å²) in [6.45, 7) is 0. The molecule has 7 nitrogen and oxygen atoms in total. The zero-order chi connectivity index (χ0) is 14.9. The molecule has 1 aromatic rings. The molecule has 1 amide bonds. The van der Waals surface area contributed by atoms with Crippen molar-refractivity contribution in [3.05, 3.63) is 34.4 Å². The molecule has 0 N–H and O–H groups in total. The van der Waals surface area contributed by atoms with E-state index in [2.05, 4.69) is 0 Å². The fourth-order valence-electron chi connectivity index (χ4n) is 2.19. The van der Waals surface area contributed by atoms with Crippen LogP contribution in [0.2, 0.25) is 0 Å². The van der Waals surface area contributed by atoms with Gasteiger partial charge in [0.15, 0.2) is 9.84 Å². The van der Waals surface area contributed by atoms with E-state index >= 15 is 0 Å². The monoisotopic (exact) mass is 298 g/mol. The van der Waals surface area contributed by atoms with E-state index in [0.29, 0.717) is 12.1 Å². The summed E-state index contributed by atoms with van der Waals surface area (Å²) in [4.78, 5) is 23.6. The van der Waals surface area contributed by atoms with Crippen molar-refractivity contribution in [2.45, 2.75) is 6.42 Å². The smallest absolute Gasteiger partial charge is 0.269 e. The van der Waals surface area contributed by atoms with Gasteiger partial charge in [-0.1, -0.05) is 0 Å². The van der Waals surface area contributed by atoms with Crippen molar-refractivity contribution in [2.75, 3.05) is 23.5 Å². The van der Waals surface area contributed by atoms with E-state index in [0.717, 1.165) is 0 Å². The first kappa shape index (κ1) is 14.4. The first-order valence-electron chi connectivity index (χ1n) is 6.02. The molecule has 0 saturated carbocycles. The number of hydrogen-bond acceptors (Lipinski definition) is 5. The number of nitro benzene ring substituents is 1. The van der Waals surface area contributed by atoms with Gasteiger partial charge >= 0.3 is 0 Å². The van der Waals surface area contributed by atoms with E-state index in [-0.39, 0.29) is 23.1 Å². The number of non-ortho nitro benzene ring substituents is 1. The Morgan fingerprint density at radius 2 is 1.95 bits per heavy atom. The Morgan fingerprint density at radius 1 is 1.35 bits per heavy atom. The molecule has 0 bridgehead atoms. The Kier molecular flexibility index (Phi) is 3.76. The number of nitrogens with zero attached hydrogens (tertiary/aromatic N) is 2. The van der Waals surface area contributed by atoms with Crippen molar-refractivity contribution in [3.8, 4) is 0 Å². The lowest BCUT2D eigenvalue weighted by molar-refractivity contribution is -0.384. The average Bonchev–Trinajstić information content (AvgIpc) is 2.77. The van der Waals surface area contributed by atoms with Gasteiger partial charge in [0.25, 0.3) is 5.69 Å². The molecule has 1 unspecified atom stereocenters. The van der Waals surface area contributed by atoms with Crippen LogP contribution in [-0.2, 0) is 14.6 Å². The Hall–Kier alpha value is -1.96. The lowest BCUT2D eigenvalue weighted by atomic mass is 10.1. The van der Waals surface area contributed by atoms with Crippen LogP contribution >= 0.6 is 0 Å². The van der Waals surface area contributed by atoms with Crippen molar-refractivity contribution in [1.29, 1.82) is 0 Å². The fourth-order valence-corrected chi connectivity index (χ4v) is 3.92. The van der Waals surface area contributed by atoms with E-state index < -0.39 is 20.7 Å². The van der Waals surface area contributed by atoms with Gasteiger partial charge in [-0.2, -0.15) is 0 Å². The van der Waals surface area contributed by atoms with E-state index in [1.165, 1.54) is 36.2 Å². The van der Waals surface area contributed by atoms with Crippen molar-refractivity contribution in [2.24, 2.45) is 5.92 Å². The van der Waals surface area contributed by atoms with E-state index in [1.807, 2.05) is 0 Å². The number of carbonyl (C=O) groups is 1. The average molecular weight is 298 g/mol. The minimum Gasteiger partial charge on any atom is -0.315 e. The molecule has 1 atom stereocenters. The maximum absolute atomic E-state index is 12.2. The van der Waals surface area contributed by atoms with Crippen LogP contribution in [0.25, 0.3) is 0 Å².